The number of esters is 2. The molecule has 0 aromatic carbocycles. The lowest BCUT2D eigenvalue weighted by Gasteiger charge is -2.24. The highest BCUT2D eigenvalue weighted by atomic mass is 31.2. The summed E-state index contributed by atoms with van der Waals surface area (Å²) in [6, 6.07) is 0. The minimum Gasteiger partial charge on any atom is -0.462 e. The Labute approximate surface area is 347 Å². The molecular formula is C46H81NO9P+. The van der Waals surface area contributed by atoms with Crippen LogP contribution in [0.25, 0.3) is 0 Å². The molecule has 0 aliphatic carbocycles. The molecule has 1 fully saturated rings. The number of likely N-dealkylation sites (N-methyl/N-ethyl adjacent to an activating group) is 1. The second-order valence-corrected chi connectivity index (χ2v) is 17.5. The average molecular weight is 823 g/mol. The molecule has 1 rings (SSSR count). The molecule has 0 saturated carbocycles. The molecule has 11 heteroatoms. The molecule has 0 amide bonds. The van der Waals surface area contributed by atoms with Crippen LogP contribution in [0.5, 0.6) is 0 Å². The van der Waals surface area contributed by atoms with Crippen molar-refractivity contribution in [1.29, 1.82) is 0 Å². The number of carbonyl (C=O) groups excluding carboxylic acids is 2. The van der Waals surface area contributed by atoms with Crippen molar-refractivity contribution in [2.75, 3.05) is 47.5 Å². The molecule has 57 heavy (non-hydrogen) atoms. The Hall–Kier alpha value is -2.33. The number of quaternary nitrogens is 1. The summed E-state index contributed by atoms with van der Waals surface area (Å²) in [4.78, 5) is 35.4. The highest BCUT2D eigenvalue weighted by Crippen LogP contribution is 2.43. The van der Waals surface area contributed by atoms with Crippen LogP contribution in [0.2, 0.25) is 0 Å². The molecular weight excluding hydrogens is 741 g/mol. The highest BCUT2D eigenvalue weighted by Gasteiger charge is 2.36. The number of carbonyl (C=O) groups is 2. The molecule has 1 N–H and O–H groups in total. The van der Waals surface area contributed by atoms with Gasteiger partial charge in [-0.3, -0.25) is 18.6 Å². The molecule has 0 bridgehead atoms. The van der Waals surface area contributed by atoms with Gasteiger partial charge < -0.3 is 23.6 Å². The van der Waals surface area contributed by atoms with Crippen LogP contribution >= 0.6 is 7.82 Å². The first-order valence-electron chi connectivity index (χ1n) is 22.1. The summed E-state index contributed by atoms with van der Waals surface area (Å²) < 4.78 is 40.1. The van der Waals surface area contributed by atoms with Gasteiger partial charge in [0, 0.05) is 12.8 Å². The number of unbranched alkanes of at least 4 members (excludes halogenated alkanes) is 11. The van der Waals surface area contributed by atoms with Crippen molar-refractivity contribution in [3.05, 3.63) is 60.8 Å². The van der Waals surface area contributed by atoms with Crippen molar-refractivity contribution in [3.63, 3.8) is 0 Å². The zero-order valence-electron chi connectivity index (χ0n) is 36.5. The Bertz CT molecular complexity index is 1220. The fourth-order valence-corrected chi connectivity index (χ4v) is 6.63. The minimum absolute atomic E-state index is 0.0188. The van der Waals surface area contributed by atoms with Crippen molar-refractivity contribution < 1.29 is 46.8 Å². The number of ether oxygens (including phenoxy) is 3. The van der Waals surface area contributed by atoms with Gasteiger partial charge in [0.15, 0.2) is 6.10 Å². The third kappa shape index (κ3) is 35.3. The van der Waals surface area contributed by atoms with E-state index in [2.05, 4.69) is 74.6 Å². The van der Waals surface area contributed by atoms with Crippen LogP contribution in [-0.4, -0.2) is 87.1 Å². The fraction of sp³-hybridized carbons (Fsp3) is 0.739. The van der Waals surface area contributed by atoms with Crippen LogP contribution in [0, 0.1) is 0 Å². The Kier molecular flexibility index (Phi) is 31.9. The molecule has 328 valence electrons. The summed E-state index contributed by atoms with van der Waals surface area (Å²) >= 11 is 0. The quantitative estimate of drug-likeness (QED) is 0.0162. The maximum absolute atomic E-state index is 12.7. The third-order valence-electron chi connectivity index (χ3n) is 9.46. The van der Waals surface area contributed by atoms with Gasteiger partial charge >= 0.3 is 19.8 Å². The van der Waals surface area contributed by atoms with Gasteiger partial charge in [-0.15, -0.1) is 0 Å². The van der Waals surface area contributed by atoms with Crippen molar-refractivity contribution in [1.82, 2.24) is 0 Å². The summed E-state index contributed by atoms with van der Waals surface area (Å²) in [6.07, 6.45) is 42.8. The monoisotopic (exact) mass is 823 g/mol. The van der Waals surface area contributed by atoms with Crippen LogP contribution in [-0.2, 0) is 37.4 Å². The number of rotatable bonds is 38. The maximum Gasteiger partial charge on any atom is 0.472 e. The first kappa shape index (κ1) is 52.7. The van der Waals surface area contributed by atoms with Gasteiger partial charge in [-0.2, -0.15) is 0 Å². The maximum atomic E-state index is 12.7. The van der Waals surface area contributed by atoms with Gasteiger partial charge in [0.1, 0.15) is 19.8 Å². The van der Waals surface area contributed by atoms with E-state index in [1.807, 2.05) is 21.1 Å². The molecule has 3 unspecified atom stereocenters. The Morgan fingerprint density at radius 1 is 0.667 bits per heavy atom. The van der Waals surface area contributed by atoms with Gasteiger partial charge in [0.2, 0.25) is 0 Å². The molecule has 1 aliphatic rings. The lowest BCUT2D eigenvalue weighted by Crippen LogP contribution is -2.37. The Morgan fingerprint density at radius 2 is 1.23 bits per heavy atom. The molecule has 1 aliphatic heterocycles. The Balaban J connectivity index is 2.31. The zero-order chi connectivity index (χ0) is 41.9. The second kappa shape index (κ2) is 34.5. The van der Waals surface area contributed by atoms with Crippen LogP contribution < -0.4 is 0 Å². The van der Waals surface area contributed by atoms with Crippen LogP contribution in [0.1, 0.15) is 155 Å². The summed E-state index contributed by atoms with van der Waals surface area (Å²) in [7, 11) is 1.43. The zero-order valence-corrected chi connectivity index (χ0v) is 37.4. The third-order valence-corrected chi connectivity index (χ3v) is 10.4. The number of epoxide rings is 1. The van der Waals surface area contributed by atoms with E-state index in [0.29, 0.717) is 36.1 Å². The van der Waals surface area contributed by atoms with Gasteiger partial charge in [-0.1, -0.05) is 126 Å². The molecule has 4 atom stereocenters. The molecule has 1 heterocycles. The molecule has 10 nitrogen and oxygen atoms in total. The lowest BCUT2D eigenvalue weighted by atomic mass is 10.1. The van der Waals surface area contributed by atoms with E-state index < -0.39 is 32.5 Å². The number of phosphoric ester groups is 1. The standard InChI is InChI=1S/C46H80NO9P/c1-6-8-10-12-14-15-16-17-18-19-20-21-22-23-24-28-32-36-45(48)52-40-42(41-54-57(50,51)53-39-38-47(3,4)5)55-46(49)37-33-29-25-27-31-35-44-43(56-44)34-30-26-13-11-9-7-2/h8,10,14-15,17-18,20-21,26,30,42-44H,6-7,9,11-13,16,19,22-25,27-29,31-41H2,1-5H3/p+1/b10-8-,15-14-,18-17-,21-20-,30-26-/t42-,43?,44?/m1/s1. The van der Waals surface area contributed by atoms with Gasteiger partial charge in [-0.05, 0) is 77.0 Å². The van der Waals surface area contributed by atoms with E-state index in [1.165, 1.54) is 19.3 Å². The van der Waals surface area contributed by atoms with Gasteiger partial charge in [0.05, 0.1) is 40.0 Å². The SMILES string of the molecule is CC/C=C\C/C=C\C/C=C\C/C=C\CCCCCCC(=O)OC[C@H](COP(=O)(O)OCC[N+](C)(C)C)OC(=O)CCCCCCCC1OC1C/C=C\CCCCC. The first-order valence-corrected chi connectivity index (χ1v) is 23.6. The minimum atomic E-state index is -4.39. The van der Waals surface area contributed by atoms with Crippen LogP contribution in [0.3, 0.4) is 0 Å². The van der Waals surface area contributed by atoms with Crippen LogP contribution in [0.4, 0.5) is 0 Å². The second-order valence-electron chi connectivity index (χ2n) is 16.1. The number of hydrogen-bond acceptors (Lipinski definition) is 8. The first-order chi connectivity index (χ1) is 27.5. The fourth-order valence-electron chi connectivity index (χ4n) is 5.89. The molecule has 0 aromatic heterocycles. The van der Waals surface area contributed by atoms with Crippen molar-refractivity contribution in [2.45, 2.75) is 173 Å². The summed E-state index contributed by atoms with van der Waals surface area (Å²) in [6.45, 7) is 4.20. The number of phosphoric acid groups is 1. The summed E-state index contributed by atoms with van der Waals surface area (Å²) in [5.74, 6) is -0.855. The topological polar surface area (TPSA) is 121 Å². The predicted octanol–water partition coefficient (Wildman–Crippen LogP) is 11.5. The molecule has 0 radical (unpaired) electrons. The average Bonchev–Trinajstić information content (AvgIpc) is 3.92. The smallest absolute Gasteiger partial charge is 0.462 e. The highest BCUT2D eigenvalue weighted by molar-refractivity contribution is 7.47. The predicted molar refractivity (Wildman–Crippen MR) is 233 cm³/mol. The van der Waals surface area contributed by atoms with E-state index in [-0.39, 0.29) is 26.1 Å². The summed E-state index contributed by atoms with van der Waals surface area (Å²) in [5, 5.41) is 0. The van der Waals surface area contributed by atoms with E-state index in [1.54, 1.807) is 0 Å². The van der Waals surface area contributed by atoms with Crippen molar-refractivity contribution in [3.8, 4) is 0 Å². The number of hydrogen-bond donors (Lipinski definition) is 1. The van der Waals surface area contributed by atoms with E-state index in [4.69, 9.17) is 23.3 Å². The molecule has 1 saturated heterocycles. The Morgan fingerprint density at radius 3 is 1.88 bits per heavy atom. The molecule has 0 aromatic rings. The van der Waals surface area contributed by atoms with Gasteiger partial charge in [0.25, 0.3) is 0 Å². The van der Waals surface area contributed by atoms with E-state index in [9.17, 15) is 19.0 Å². The summed E-state index contributed by atoms with van der Waals surface area (Å²) in [5.41, 5.74) is 0. The van der Waals surface area contributed by atoms with Crippen LogP contribution in [0.15, 0.2) is 60.8 Å². The largest absolute Gasteiger partial charge is 0.472 e. The van der Waals surface area contributed by atoms with Gasteiger partial charge in [-0.25, -0.2) is 4.57 Å². The lowest BCUT2D eigenvalue weighted by molar-refractivity contribution is -0.870. The van der Waals surface area contributed by atoms with E-state index >= 15 is 0 Å². The number of nitrogens with zero attached hydrogens (tertiary/aromatic N) is 1. The van der Waals surface area contributed by atoms with E-state index in [0.717, 1.165) is 96.3 Å². The van der Waals surface area contributed by atoms with Crippen molar-refractivity contribution >= 4 is 19.8 Å². The molecule has 0 spiro atoms. The number of allylic oxidation sites excluding steroid dienone is 9. The van der Waals surface area contributed by atoms with Crippen molar-refractivity contribution in [2.24, 2.45) is 0 Å². The normalized spacial score (nSPS) is 17.7.